The van der Waals surface area contributed by atoms with Crippen LogP contribution in [0.15, 0.2) is 89.8 Å². The van der Waals surface area contributed by atoms with Crippen molar-refractivity contribution in [3.63, 3.8) is 0 Å². The van der Waals surface area contributed by atoms with Crippen LogP contribution < -0.4 is 5.32 Å². The van der Waals surface area contributed by atoms with Crippen LogP contribution in [0.3, 0.4) is 0 Å². The quantitative estimate of drug-likeness (QED) is 0.442. The molecular formula is C26H27N3O3S. The Morgan fingerprint density at radius 3 is 2.24 bits per heavy atom. The number of sulfonamides is 1. The van der Waals surface area contributed by atoms with Crippen LogP contribution in [0.4, 0.5) is 0 Å². The molecule has 0 saturated heterocycles. The van der Waals surface area contributed by atoms with Crippen molar-refractivity contribution >= 4 is 26.8 Å². The van der Waals surface area contributed by atoms with Crippen molar-refractivity contribution < 1.29 is 13.2 Å². The largest absolute Gasteiger partial charge is 0.348 e. The molecule has 0 aliphatic heterocycles. The standard InChI is InChI=1S/C26H27N3O3S/c1-19(20-13-15-23(16-14-20)33(31,32)28(2)3)27-26(30)18-29-24-12-8-7-11-22(24)17-25(29)21-9-5-4-6-10-21/h4-17,19H,18H2,1-3H3,(H,27,30). The minimum Gasteiger partial charge on any atom is -0.348 e. The SMILES string of the molecule is CC(NC(=O)Cn1c(-c2ccccc2)cc2ccccc21)c1ccc(S(=O)(=O)N(C)C)cc1. The first-order valence-electron chi connectivity index (χ1n) is 10.7. The molecule has 0 bridgehead atoms. The molecule has 4 aromatic rings. The predicted molar refractivity (Wildman–Crippen MR) is 131 cm³/mol. The molecule has 7 heteroatoms. The second kappa shape index (κ2) is 9.21. The number of carbonyl (C=O) groups is 1. The van der Waals surface area contributed by atoms with E-state index in [1.165, 1.54) is 18.4 Å². The molecule has 0 radical (unpaired) electrons. The van der Waals surface area contributed by atoms with Gasteiger partial charge >= 0.3 is 0 Å². The second-order valence-corrected chi connectivity index (χ2v) is 10.3. The molecule has 0 fully saturated rings. The van der Waals surface area contributed by atoms with Crippen molar-refractivity contribution in [1.82, 2.24) is 14.2 Å². The van der Waals surface area contributed by atoms with E-state index in [0.29, 0.717) is 0 Å². The average molecular weight is 462 g/mol. The summed E-state index contributed by atoms with van der Waals surface area (Å²) >= 11 is 0. The molecule has 4 rings (SSSR count). The number of para-hydroxylation sites is 1. The molecule has 3 aromatic carbocycles. The number of nitrogens with one attached hydrogen (secondary N) is 1. The number of rotatable bonds is 7. The van der Waals surface area contributed by atoms with Crippen molar-refractivity contribution in [2.24, 2.45) is 0 Å². The monoisotopic (exact) mass is 461 g/mol. The normalized spacial score (nSPS) is 12.7. The zero-order valence-corrected chi connectivity index (χ0v) is 19.7. The molecule has 1 heterocycles. The van der Waals surface area contributed by atoms with E-state index < -0.39 is 10.0 Å². The van der Waals surface area contributed by atoms with Gasteiger partial charge in [0.2, 0.25) is 15.9 Å². The van der Waals surface area contributed by atoms with Gasteiger partial charge in [0.1, 0.15) is 6.54 Å². The third-order valence-corrected chi connectivity index (χ3v) is 7.55. The van der Waals surface area contributed by atoms with Crippen LogP contribution in [0.5, 0.6) is 0 Å². The van der Waals surface area contributed by atoms with Gasteiger partial charge in [-0.2, -0.15) is 0 Å². The number of fused-ring (bicyclic) bond motifs is 1. The summed E-state index contributed by atoms with van der Waals surface area (Å²) in [5.74, 6) is -0.119. The number of nitrogens with zero attached hydrogens (tertiary/aromatic N) is 2. The summed E-state index contributed by atoms with van der Waals surface area (Å²) in [6.07, 6.45) is 0. The van der Waals surface area contributed by atoms with Crippen LogP contribution in [0.2, 0.25) is 0 Å². The van der Waals surface area contributed by atoms with Gasteiger partial charge in [0.15, 0.2) is 0 Å². The molecule has 170 valence electrons. The Morgan fingerprint density at radius 1 is 0.939 bits per heavy atom. The average Bonchev–Trinajstić information content (AvgIpc) is 3.18. The summed E-state index contributed by atoms with van der Waals surface area (Å²) in [5, 5.41) is 4.12. The van der Waals surface area contributed by atoms with Gasteiger partial charge in [0.05, 0.1) is 10.9 Å². The molecule has 0 saturated carbocycles. The van der Waals surface area contributed by atoms with Crippen molar-refractivity contribution in [3.05, 3.63) is 90.5 Å². The van der Waals surface area contributed by atoms with E-state index in [4.69, 9.17) is 0 Å². The summed E-state index contributed by atoms with van der Waals surface area (Å²) in [4.78, 5) is 13.2. The Kier molecular flexibility index (Phi) is 6.35. The highest BCUT2D eigenvalue weighted by atomic mass is 32.2. The van der Waals surface area contributed by atoms with Crippen LogP contribution >= 0.6 is 0 Å². The lowest BCUT2D eigenvalue weighted by Gasteiger charge is -2.17. The van der Waals surface area contributed by atoms with E-state index in [1.54, 1.807) is 24.3 Å². The molecule has 1 aromatic heterocycles. The lowest BCUT2D eigenvalue weighted by Crippen LogP contribution is -2.30. The summed E-state index contributed by atoms with van der Waals surface area (Å²) in [7, 11) is -0.485. The Bertz CT molecular complexity index is 1380. The Hall–Kier alpha value is -3.42. The number of amides is 1. The highest BCUT2D eigenvalue weighted by molar-refractivity contribution is 7.89. The fourth-order valence-corrected chi connectivity index (χ4v) is 4.78. The number of hydrogen-bond donors (Lipinski definition) is 1. The molecule has 1 unspecified atom stereocenters. The molecule has 0 aliphatic rings. The van der Waals surface area contributed by atoms with E-state index >= 15 is 0 Å². The van der Waals surface area contributed by atoms with Gasteiger partial charge in [0.25, 0.3) is 0 Å². The van der Waals surface area contributed by atoms with E-state index in [-0.39, 0.29) is 23.4 Å². The first-order valence-corrected chi connectivity index (χ1v) is 12.2. The van der Waals surface area contributed by atoms with E-state index in [9.17, 15) is 13.2 Å². The maximum absolute atomic E-state index is 13.0. The Labute approximate surface area is 194 Å². The van der Waals surface area contributed by atoms with Gasteiger partial charge in [-0.15, -0.1) is 0 Å². The number of benzene rings is 3. The van der Waals surface area contributed by atoms with Crippen LogP contribution in [0.1, 0.15) is 18.5 Å². The van der Waals surface area contributed by atoms with E-state index in [2.05, 4.69) is 11.4 Å². The van der Waals surface area contributed by atoms with Crippen molar-refractivity contribution in [2.45, 2.75) is 24.4 Å². The summed E-state index contributed by atoms with van der Waals surface area (Å²) in [6.45, 7) is 2.06. The summed E-state index contributed by atoms with van der Waals surface area (Å²) < 4.78 is 27.8. The molecule has 1 atom stereocenters. The molecule has 1 amide bonds. The fourth-order valence-electron chi connectivity index (χ4n) is 3.88. The molecular weight excluding hydrogens is 434 g/mol. The van der Waals surface area contributed by atoms with Gasteiger partial charge in [-0.25, -0.2) is 12.7 Å². The van der Waals surface area contributed by atoms with Crippen molar-refractivity contribution in [1.29, 1.82) is 0 Å². The van der Waals surface area contributed by atoms with Crippen LogP contribution in [0.25, 0.3) is 22.2 Å². The van der Waals surface area contributed by atoms with Gasteiger partial charge < -0.3 is 9.88 Å². The molecule has 0 aliphatic carbocycles. The maximum atomic E-state index is 13.0. The van der Waals surface area contributed by atoms with Gasteiger partial charge in [-0.05, 0) is 42.3 Å². The third kappa shape index (κ3) is 4.69. The van der Waals surface area contributed by atoms with E-state index in [1.807, 2.05) is 66.1 Å². The maximum Gasteiger partial charge on any atom is 0.242 e. The molecule has 0 spiro atoms. The van der Waals surface area contributed by atoms with E-state index in [0.717, 1.165) is 27.7 Å². The van der Waals surface area contributed by atoms with Crippen LogP contribution in [0, 0.1) is 0 Å². The van der Waals surface area contributed by atoms with Crippen molar-refractivity contribution in [2.75, 3.05) is 14.1 Å². The molecule has 6 nitrogen and oxygen atoms in total. The number of aromatic nitrogens is 1. The molecule has 33 heavy (non-hydrogen) atoms. The zero-order chi connectivity index (χ0) is 23.6. The fraction of sp³-hybridized carbons (Fsp3) is 0.192. The minimum atomic E-state index is -3.49. The van der Waals surface area contributed by atoms with Gasteiger partial charge in [0, 0.05) is 30.7 Å². The summed E-state index contributed by atoms with van der Waals surface area (Å²) in [5.41, 5.74) is 3.86. The van der Waals surface area contributed by atoms with Crippen LogP contribution in [-0.4, -0.2) is 37.3 Å². The topological polar surface area (TPSA) is 71.4 Å². The Balaban J connectivity index is 1.55. The zero-order valence-electron chi connectivity index (χ0n) is 18.9. The summed E-state index contributed by atoms with van der Waals surface area (Å²) in [6, 6.07) is 26.5. The highest BCUT2D eigenvalue weighted by Gasteiger charge is 2.19. The lowest BCUT2D eigenvalue weighted by atomic mass is 10.1. The first kappa shape index (κ1) is 22.8. The lowest BCUT2D eigenvalue weighted by molar-refractivity contribution is -0.122. The minimum absolute atomic E-state index is 0.119. The smallest absolute Gasteiger partial charge is 0.242 e. The molecule has 1 N–H and O–H groups in total. The van der Waals surface area contributed by atoms with Crippen molar-refractivity contribution in [3.8, 4) is 11.3 Å². The highest BCUT2D eigenvalue weighted by Crippen LogP contribution is 2.28. The third-order valence-electron chi connectivity index (χ3n) is 5.72. The Morgan fingerprint density at radius 2 is 1.58 bits per heavy atom. The first-order chi connectivity index (χ1) is 15.8. The van der Waals surface area contributed by atoms with Gasteiger partial charge in [-0.1, -0.05) is 60.7 Å². The second-order valence-electron chi connectivity index (χ2n) is 8.19. The number of carbonyl (C=O) groups excluding carboxylic acids is 1. The van der Waals surface area contributed by atoms with Crippen LogP contribution in [-0.2, 0) is 21.4 Å². The predicted octanol–water partition coefficient (Wildman–Crippen LogP) is 4.44. The van der Waals surface area contributed by atoms with Gasteiger partial charge in [-0.3, -0.25) is 4.79 Å². The number of hydrogen-bond acceptors (Lipinski definition) is 3.